The molecule has 2 atom stereocenters. The van der Waals surface area contributed by atoms with E-state index in [0.29, 0.717) is 25.9 Å². The van der Waals surface area contributed by atoms with E-state index >= 15 is 0 Å². The van der Waals surface area contributed by atoms with Crippen molar-refractivity contribution in [2.24, 2.45) is 0 Å². The summed E-state index contributed by atoms with van der Waals surface area (Å²) in [4.78, 5) is 25.3. The lowest BCUT2D eigenvalue weighted by atomic mass is 9.93. The third-order valence-corrected chi connectivity index (χ3v) is 4.73. The van der Waals surface area contributed by atoms with Crippen LogP contribution in [0.2, 0.25) is 0 Å². The van der Waals surface area contributed by atoms with E-state index in [2.05, 4.69) is 5.32 Å². The van der Waals surface area contributed by atoms with E-state index in [1.807, 2.05) is 6.92 Å². The third-order valence-electron chi connectivity index (χ3n) is 4.73. The van der Waals surface area contributed by atoms with Gasteiger partial charge in [0, 0.05) is 19.7 Å². The van der Waals surface area contributed by atoms with E-state index < -0.39 is 11.5 Å². The number of carboxylic acid groups (broad SMARTS) is 1. The summed E-state index contributed by atoms with van der Waals surface area (Å²) in [6.07, 6.45) is 6.11. The fraction of sp³-hybridized carbons (Fsp3) is 0.867. The molecule has 120 valence electrons. The summed E-state index contributed by atoms with van der Waals surface area (Å²) in [7, 11) is 0. The Morgan fingerprint density at radius 3 is 2.81 bits per heavy atom. The van der Waals surface area contributed by atoms with E-state index in [1.165, 1.54) is 11.3 Å². The second-order valence-electron chi connectivity index (χ2n) is 5.95. The van der Waals surface area contributed by atoms with E-state index in [1.54, 1.807) is 0 Å². The normalized spacial score (nSPS) is 29.4. The summed E-state index contributed by atoms with van der Waals surface area (Å²) in [6.45, 7) is 3.70. The number of likely N-dealkylation sites (tertiary alicyclic amines) is 1. The quantitative estimate of drug-likeness (QED) is 0.813. The van der Waals surface area contributed by atoms with Crippen molar-refractivity contribution in [2.75, 3.05) is 19.7 Å². The summed E-state index contributed by atoms with van der Waals surface area (Å²) in [5, 5.41) is 12.3. The number of carbonyl (C=O) groups is 2. The standard InChI is InChI=1S/C15H26N2O4/c1-2-15(13(18)19)8-5-10-17(15)14(20)16-9-7-12-6-3-4-11-21-12/h12H,2-11H2,1H3,(H,16,20)(H,18,19). The van der Waals surface area contributed by atoms with Crippen LogP contribution in [0.4, 0.5) is 4.79 Å². The van der Waals surface area contributed by atoms with E-state index in [4.69, 9.17) is 4.74 Å². The van der Waals surface area contributed by atoms with E-state index in [-0.39, 0.29) is 12.1 Å². The van der Waals surface area contributed by atoms with Gasteiger partial charge in [-0.25, -0.2) is 9.59 Å². The minimum atomic E-state index is -1.02. The van der Waals surface area contributed by atoms with Gasteiger partial charge in [-0.05, 0) is 44.9 Å². The van der Waals surface area contributed by atoms with Crippen LogP contribution in [0.25, 0.3) is 0 Å². The van der Waals surface area contributed by atoms with Crippen LogP contribution in [0.15, 0.2) is 0 Å². The van der Waals surface area contributed by atoms with Gasteiger partial charge in [0.1, 0.15) is 5.54 Å². The Morgan fingerprint density at radius 1 is 1.38 bits per heavy atom. The molecule has 2 unspecified atom stereocenters. The van der Waals surface area contributed by atoms with Crippen molar-refractivity contribution in [3.63, 3.8) is 0 Å². The molecule has 0 aromatic heterocycles. The first-order valence-electron chi connectivity index (χ1n) is 8.00. The monoisotopic (exact) mass is 298 g/mol. The van der Waals surface area contributed by atoms with Crippen molar-refractivity contribution in [1.29, 1.82) is 0 Å². The Bertz CT molecular complexity index is 382. The van der Waals surface area contributed by atoms with Crippen LogP contribution < -0.4 is 5.32 Å². The number of urea groups is 1. The largest absolute Gasteiger partial charge is 0.479 e. The molecule has 0 spiro atoms. The molecular formula is C15H26N2O4. The molecular weight excluding hydrogens is 272 g/mol. The highest BCUT2D eigenvalue weighted by Gasteiger charge is 2.48. The van der Waals surface area contributed by atoms with Crippen LogP contribution in [0, 0.1) is 0 Å². The SMILES string of the molecule is CCC1(C(=O)O)CCCN1C(=O)NCCC1CCCCO1. The van der Waals surface area contributed by atoms with Gasteiger partial charge >= 0.3 is 12.0 Å². The number of rotatable bonds is 5. The molecule has 2 fully saturated rings. The Balaban J connectivity index is 1.83. The molecule has 2 heterocycles. The molecule has 2 aliphatic rings. The summed E-state index contributed by atoms with van der Waals surface area (Å²) >= 11 is 0. The zero-order valence-corrected chi connectivity index (χ0v) is 12.8. The van der Waals surface area contributed by atoms with Gasteiger partial charge in [0.25, 0.3) is 0 Å². The number of aliphatic carboxylic acids is 1. The molecule has 0 aliphatic carbocycles. The molecule has 21 heavy (non-hydrogen) atoms. The maximum atomic E-state index is 12.3. The average molecular weight is 298 g/mol. The van der Waals surface area contributed by atoms with Gasteiger partial charge < -0.3 is 20.1 Å². The molecule has 2 rings (SSSR count). The van der Waals surface area contributed by atoms with Gasteiger partial charge in [0.05, 0.1) is 6.10 Å². The van der Waals surface area contributed by atoms with Crippen molar-refractivity contribution >= 4 is 12.0 Å². The van der Waals surface area contributed by atoms with Crippen LogP contribution in [-0.2, 0) is 9.53 Å². The zero-order chi connectivity index (χ0) is 15.3. The number of hydrogen-bond donors (Lipinski definition) is 2. The molecule has 2 N–H and O–H groups in total. The van der Waals surface area contributed by atoms with E-state index in [9.17, 15) is 14.7 Å². The fourth-order valence-corrected chi connectivity index (χ4v) is 3.39. The maximum absolute atomic E-state index is 12.3. The van der Waals surface area contributed by atoms with Crippen LogP contribution in [0.1, 0.15) is 51.9 Å². The maximum Gasteiger partial charge on any atom is 0.329 e. The predicted molar refractivity (Wildman–Crippen MR) is 78.2 cm³/mol. The van der Waals surface area contributed by atoms with E-state index in [0.717, 1.165) is 32.3 Å². The molecule has 2 amide bonds. The van der Waals surface area contributed by atoms with Gasteiger partial charge in [-0.3, -0.25) is 0 Å². The second-order valence-corrected chi connectivity index (χ2v) is 5.95. The molecule has 0 aromatic carbocycles. The van der Waals surface area contributed by atoms with Crippen LogP contribution in [0.3, 0.4) is 0 Å². The van der Waals surface area contributed by atoms with Crippen molar-refractivity contribution in [3.8, 4) is 0 Å². The first-order chi connectivity index (χ1) is 10.1. The van der Waals surface area contributed by atoms with Gasteiger partial charge in [0.15, 0.2) is 0 Å². The Hall–Kier alpha value is -1.30. The molecule has 0 saturated carbocycles. The molecule has 0 aromatic rings. The molecule has 6 nitrogen and oxygen atoms in total. The van der Waals surface area contributed by atoms with Crippen molar-refractivity contribution in [2.45, 2.75) is 63.5 Å². The number of ether oxygens (including phenoxy) is 1. The second kappa shape index (κ2) is 7.11. The predicted octanol–water partition coefficient (Wildman–Crippen LogP) is 1.98. The van der Waals surface area contributed by atoms with Crippen molar-refractivity contribution in [3.05, 3.63) is 0 Å². The summed E-state index contributed by atoms with van der Waals surface area (Å²) in [6, 6.07) is -0.257. The number of amides is 2. The minimum absolute atomic E-state index is 0.230. The van der Waals surface area contributed by atoms with Gasteiger partial charge in [-0.15, -0.1) is 0 Å². The van der Waals surface area contributed by atoms with Gasteiger partial charge in [-0.1, -0.05) is 6.92 Å². The molecule has 2 aliphatic heterocycles. The number of carbonyl (C=O) groups excluding carboxylic acids is 1. The number of carboxylic acids is 1. The van der Waals surface area contributed by atoms with Crippen LogP contribution in [0.5, 0.6) is 0 Å². The average Bonchev–Trinajstić information content (AvgIpc) is 2.93. The third kappa shape index (κ3) is 3.48. The first-order valence-corrected chi connectivity index (χ1v) is 8.00. The fourth-order valence-electron chi connectivity index (χ4n) is 3.39. The first kappa shape index (κ1) is 16.1. The highest BCUT2D eigenvalue weighted by Crippen LogP contribution is 2.32. The topological polar surface area (TPSA) is 78.9 Å². The molecule has 2 saturated heterocycles. The number of nitrogens with one attached hydrogen (secondary N) is 1. The Kier molecular flexibility index (Phi) is 5.45. The van der Waals surface area contributed by atoms with Gasteiger partial charge in [0.2, 0.25) is 0 Å². The van der Waals surface area contributed by atoms with Crippen LogP contribution in [-0.4, -0.2) is 53.3 Å². The number of hydrogen-bond acceptors (Lipinski definition) is 3. The minimum Gasteiger partial charge on any atom is -0.479 e. The smallest absolute Gasteiger partial charge is 0.329 e. The van der Waals surface area contributed by atoms with Crippen molar-refractivity contribution < 1.29 is 19.4 Å². The summed E-state index contributed by atoms with van der Waals surface area (Å²) in [5.74, 6) is -0.895. The highest BCUT2D eigenvalue weighted by molar-refractivity contribution is 5.87. The lowest BCUT2D eigenvalue weighted by Gasteiger charge is -2.34. The molecule has 0 bridgehead atoms. The molecule has 0 radical (unpaired) electrons. The lowest BCUT2D eigenvalue weighted by molar-refractivity contribution is -0.148. The summed E-state index contributed by atoms with van der Waals surface area (Å²) in [5.41, 5.74) is -1.02. The lowest BCUT2D eigenvalue weighted by Crippen LogP contribution is -2.55. The van der Waals surface area contributed by atoms with Crippen LogP contribution >= 0.6 is 0 Å². The Morgan fingerprint density at radius 2 is 2.19 bits per heavy atom. The van der Waals surface area contributed by atoms with Crippen molar-refractivity contribution in [1.82, 2.24) is 10.2 Å². The highest BCUT2D eigenvalue weighted by atomic mass is 16.5. The summed E-state index contributed by atoms with van der Waals surface area (Å²) < 4.78 is 5.63. The Labute approximate surface area is 125 Å². The molecule has 6 heteroatoms. The number of nitrogens with zero attached hydrogens (tertiary/aromatic N) is 1. The zero-order valence-electron chi connectivity index (χ0n) is 12.8. The van der Waals surface area contributed by atoms with Gasteiger partial charge in [-0.2, -0.15) is 0 Å².